The van der Waals surface area contributed by atoms with Crippen molar-refractivity contribution in [1.29, 1.82) is 0 Å². The number of hydrogen-bond acceptors (Lipinski definition) is 2. The first-order chi connectivity index (χ1) is 8.25. The Hall–Kier alpha value is -1.82. The van der Waals surface area contributed by atoms with Crippen molar-refractivity contribution in [1.82, 2.24) is 0 Å². The zero-order chi connectivity index (χ0) is 12.1. The van der Waals surface area contributed by atoms with E-state index in [2.05, 4.69) is 11.8 Å². The standard InChI is InChI=1S/C14H15NO2/c16-15(17)14-10-8-13(9-11-14)7-6-12-4-2-1-3-5-12/h8-12H,1-5H2. The number of nitro groups is 1. The maximum Gasteiger partial charge on any atom is 0.269 e. The maximum atomic E-state index is 10.5. The molecule has 88 valence electrons. The molecule has 0 atom stereocenters. The lowest BCUT2D eigenvalue weighted by Gasteiger charge is -2.15. The van der Waals surface area contributed by atoms with E-state index in [0.29, 0.717) is 5.92 Å². The molecule has 2 rings (SSSR count). The molecular weight excluding hydrogens is 214 g/mol. The van der Waals surface area contributed by atoms with Gasteiger partial charge in [-0.15, -0.1) is 0 Å². The summed E-state index contributed by atoms with van der Waals surface area (Å²) in [6, 6.07) is 6.44. The molecule has 0 N–H and O–H groups in total. The fourth-order valence-electron chi connectivity index (χ4n) is 2.10. The van der Waals surface area contributed by atoms with Gasteiger partial charge in [0, 0.05) is 23.6 Å². The van der Waals surface area contributed by atoms with E-state index in [1.807, 2.05) is 0 Å². The number of non-ortho nitro benzene ring substituents is 1. The van der Waals surface area contributed by atoms with Crippen molar-refractivity contribution >= 4 is 5.69 Å². The molecule has 0 bridgehead atoms. The second-order valence-electron chi connectivity index (χ2n) is 4.41. The highest BCUT2D eigenvalue weighted by Crippen LogP contribution is 2.22. The van der Waals surface area contributed by atoms with Gasteiger partial charge < -0.3 is 0 Å². The predicted octanol–water partition coefficient (Wildman–Crippen LogP) is 3.53. The van der Waals surface area contributed by atoms with E-state index in [-0.39, 0.29) is 5.69 Å². The molecule has 1 aliphatic rings. The number of nitrogens with zero attached hydrogens (tertiary/aromatic N) is 1. The summed E-state index contributed by atoms with van der Waals surface area (Å²) < 4.78 is 0. The van der Waals surface area contributed by atoms with Gasteiger partial charge >= 0.3 is 0 Å². The third-order valence-corrected chi connectivity index (χ3v) is 3.10. The van der Waals surface area contributed by atoms with Crippen LogP contribution in [0, 0.1) is 27.9 Å². The van der Waals surface area contributed by atoms with E-state index in [4.69, 9.17) is 0 Å². The van der Waals surface area contributed by atoms with Crippen LogP contribution in [0.3, 0.4) is 0 Å². The molecular formula is C14H15NO2. The summed E-state index contributed by atoms with van der Waals surface area (Å²) in [7, 11) is 0. The molecule has 1 aromatic carbocycles. The highest BCUT2D eigenvalue weighted by Gasteiger charge is 2.10. The zero-order valence-corrected chi connectivity index (χ0v) is 9.69. The molecule has 1 aliphatic carbocycles. The van der Waals surface area contributed by atoms with E-state index in [1.165, 1.54) is 44.2 Å². The number of rotatable bonds is 1. The van der Waals surface area contributed by atoms with Crippen molar-refractivity contribution in [3.8, 4) is 11.8 Å². The molecule has 0 spiro atoms. The minimum Gasteiger partial charge on any atom is -0.258 e. The van der Waals surface area contributed by atoms with Crippen LogP contribution < -0.4 is 0 Å². The normalized spacial score (nSPS) is 16.0. The topological polar surface area (TPSA) is 43.1 Å². The van der Waals surface area contributed by atoms with Crippen molar-refractivity contribution in [2.24, 2.45) is 5.92 Å². The van der Waals surface area contributed by atoms with Gasteiger partial charge in [0.2, 0.25) is 0 Å². The summed E-state index contributed by atoms with van der Waals surface area (Å²) in [5.74, 6) is 6.89. The van der Waals surface area contributed by atoms with Gasteiger partial charge in [-0.25, -0.2) is 0 Å². The minimum absolute atomic E-state index is 0.119. The Kier molecular flexibility index (Phi) is 3.77. The average Bonchev–Trinajstić information content (AvgIpc) is 2.38. The molecule has 1 fully saturated rings. The van der Waals surface area contributed by atoms with Crippen molar-refractivity contribution in [2.45, 2.75) is 32.1 Å². The zero-order valence-electron chi connectivity index (χ0n) is 9.69. The quantitative estimate of drug-likeness (QED) is 0.420. The fraction of sp³-hybridized carbons (Fsp3) is 0.429. The first-order valence-corrected chi connectivity index (χ1v) is 6.02. The average molecular weight is 229 g/mol. The monoisotopic (exact) mass is 229 g/mol. The summed E-state index contributed by atoms with van der Waals surface area (Å²) in [5, 5.41) is 10.5. The fourth-order valence-corrected chi connectivity index (χ4v) is 2.10. The van der Waals surface area contributed by atoms with Gasteiger partial charge in [0.15, 0.2) is 0 Å². The highest BCUT2D eigenvalue weighted by atomic mass is 16.6. The van der Waals surface area contributed by atoms with Crippen molar-refractivity contribution in [3.63, 3.8) is 0 Å². The molecule has 0 radical (unpaired) electrons. The van der Waals surface area contributed by atoms with Crippen LogP contribution in [0.4, 0.5) is 5.69 Å². The van der Waals surface area contributed by atoms with E-state index in [1.54, 1.807) is 12.1 Å². The van der Waals surface area contributed by atoms with Crippen molar-refractivity contribution < 1.29 is 4.92 Å². The van der Waals surface area contributed by atoms with Gasteiger partial charge in [0.1, 0.15) is 0 Å². The van der Waals surface area contributed by atoms with Gasteiger partial charge in [-0.1, -0.05) is 31.1 Å². The SMILES string of the molecule is O=[N+]([O-])c1ccc(C#CC2CCCCC2)cc1. The Morgan fingerprint density at radius 1 is 1.12 bits per heavy atom. The number of hydrogen-bond donors (Lipinski definition) is 0. The van der Waals surface area contributed by atoms with Crippen LogP contribution >= 0.6 is 0 Å². The summed E-state index contributed by atoms with van der Waals surface area (Å²) in [6.07, 6.45) is 6.27. The molecule has 17 heavy (non-hydrogen) atoms. The second-order valence-corrected chi connectivity index (χ2v) is 4.41. The van der Waals surface area contributed by atoms with E-state index in [0.717, 1.165) is 5.56 Å². The van der Waals surface area contributed by atoms with Crippen molar-refractivity contribution in [3.05, 3.63) is 39.9 Å². The van der Waals surface area contributed by atoms with Gasteiger partial charge in [0.25, 0.3) is 5.69 Å². The van der Waals surface area contributed by atoms with Crippen molar-refractivity contribution in [2.75, 3.05) is 0 Å². The lowest BCUT2D eigenvalue weighted by Crippen LogP contribution is -2.02. The molecule has 0 unspecified atom stereocenters. The van der Waals surface area contributed by atoms with Crippen LogP contribution in [0.25, 0.3) is 0 Å². The van der Waals surface area contributed by atoms with E-state index < -0.39 is 4.92 Å². The Morgan fingerprint density at radius 3 is 2.35 bits per heavy atom. The summed E-state index contributed by atoms with van der Waals surface area (Å²) in [4.78, 5) is 10.1. The third-order valence-electron chi connectivity index (χ3n) is 3.10. The third kappa shape index (κ3) is 3.32. The molecule has 0 heterocycles. The lowest BCUT2D eigenvalue weighted by molar-refractivity contribution is -0.384. The summed E-state index contributed by atoms with van der Waals surface area (Å²) in [6.45, 7) is 0. The molecule has 0 saturated heterocycles. The molecule has 1 aromatic rings. The molecule has 0 aromatic heterocycles. The Labute approximate surface area is 101 Å². The van der Waals surface area contributed by atoms with Gasteiger partial charge in [-0.2, -0.15) is 0 Å². The molecule has 1 saturated carbocycles. The van der Waals surface area contributed by atoms with Crippen LogP contribution in [0.5, 0.6) is 0 Å². The van der Waals surface area contributed by atoms with Crippen LogP contribution in [0.1, 0.15) is 37.7 Å². The van der Waals surface area contributed by atoms with Crippen LogP contribution in [0.15, 0.2) is 24.3 Å². The first-order valence-electron chi connectivity index (χ1n) is 6.02. The first kappa shape index (κ1) is 11.7. The summed E-state index contributed by atoms with van der Waals surface area (Å²) >= 11 is 0. The molecule has 0 aliphatic heterocycles. The van der Waals surface area contributed by atoms with Gasteiger partial charge in [-0.05, 0) is 25.0 Å². The molecule has 0 amide bonds. The Balaban J connectivity index is 2.03. The lowest BCUT2D eigenvalue weighted by atomic mass is 9.90. The number of benzene rings is 1. The number of nitro benzene ring substituents is 1. The molecule has 3 heteroatoms. The van der Waals surface area contributed by atoms with Gasteiger partial charge in [0.05, 0.1) is 4.92 Å². The minimum atomic E-state index is -0.391. The van der Waals surface area contributed by atoms with Gasteiger partial charge in [-0.3, -0.25) is 10.1 Å². The van der Waals surface area contributed by atoms with E-state index >= 15 is 0 Å². The van der Waals surface area contributed by atoms with E-state index in [9.17, 15) is 10.1 Å². The van der Waals surface area contributed by atoms with Crippen LogP contribution in [-0.4, -0.2) is 4.92 Å². The second kappa shape index (κ2) is 5.49. The Bertz CT molecular complexity index is 447. The predicted molar refractivity (Wildman–Crippen MR) is 66.5 cm³/mol. The highest BCUT2D eigenvalue weighted by molar-refractivity contribution is 5.41. The van der Waals surface area contributed by atoms with Crippen LogP contribution in [-0.2, 0) is 0 Å². The largest absolute Gasteiger partial charge is 0.269 e. The maximum absolute atomic E-state index is 10.5. The Morgan fingerprint density at radius 2 is 1.76 bits per heavy atom. The van der Waals surface area contributed by atoms with Crippen LogP contribution in [0.2, 0.25) is 0 Å². The molecule has 3 nitrogen and oxygen atoms in total. The smallest absolute Gasteiger partial charge is 0.258 e. The summed E-state index contributed by atoms with van der Waals surface area (Å²) in [5.41, 5.74) is 0.981.